The summed E-state index contributed by atoms with van der Waals surface area (Å²) >= 11 is 0. The third-order valence-corrected chi connectivity index (χ3v) is 5.89. The molecule has 0 bridgehead atoms. The van der Waals surface area contributed by atoms with E-state index in [2.05, 4.69) is 26.3 Å². The highest BCUT2D eigenvalue weighted by molar-refractivity contribution is 5.81. The number of halogens is 1. The number of nitrogens with zero attached hydrogens (tertiary/aromatic N) is 5. The number of pyridine rings is 1. The Morgan fingerprint density at radius 3 is 2.88 bits per heavy atom. The average molecular weight is 426 g/mol. The second-order valence-corrected chi connectivity index (χ2v) is 7.78. The van der Waals surface area contributed by atoms with Gasteiger partial charge in [0, 0.05) is 35.1 Å². The number of anilines is 1. The Balaban J connectivity index is 1.56. The van der Waals surface area contributed by atoms with Gasteiger partial charge in [-0.15, -0.1) is 0 Å². The van der Waals surface area contributed by atoms with E-state index in [1.165, 1.54) is 11.6 Å². The molecule has 0 aliphatic heterocycles. The fourth-order valence-electron chi connectivity index (χ4n) is 4.36. The van der Waals surface area contributed by atoms with E-state index in [4.69, 9.17) is 0 Å². The molecule has 0 amide bonds. The van der Waals surface area contributed by atoms with Crippen molar-refractivity contribution in [1.82, 2.24) is 19.4 Å². The molecule has 32 heavy (non-hydrogen) atoms. The van der Waals surface area contributed by atoms with Crippen molar-refractivity contribution in [2.24, 2.45) is 0 Å². The molecule has 0 radical (unpaired) electrons. The first-order chi connectivity index (χ1) is 15.6. The van der Waals surface area contributed by atoms with Crippen LogP contribution in [0.4, 0.5) is 10.3 Å². The lowest BCUT2D eigenvalue weighted by atomic mass is 10.0. The number of fused-ring (bicyclic) bond motifs is 2. The Labute approximate surface area is 183 Å². The van der Waals surface area contributed by atoms with Gasteiger partial charge in [0.25, 0.3) is 0 Å². The molecule has 0 spiro atoms. The second kappa shape index (κ2) is 7.85. The molecule has 3 heterocycles. The molecule has 0 saturated carbocycles. The number of nitrogens with one attached hydrogen (secondary N) is 1. The van der Waals surface area contributed by atoms with Crippen molar-refractivity contribution in [2.75, 3.05) is 5.32 Å². The zero-order chi connectivity index (χ0) is 22.2. The van der Waals surface area contributed by atoms with E-state index in [-0.39, 0.29) is 18.1 Å². The van der Waals surface area contributed by atoms with Gasteiger partial charge in [-0.05, 0) is 49.4 Å². The summed E-state index contributed by atoms with van der Waals surface area (Å²) in [5, 5.41) is 12.6. The van der Waals surface area contributed by atoms with Gasteiger partial charge in [-0.3, -0.25) is 9.20 Å². The monoisotopic (exact) mass is 426 g/mol. The minimum Gasteiger partial charge on any atom is -0.351 e. The lowest BCUT2D eigenvalue weighted by molar-refractivity contribution is 0.111. The summed E-state index contributed by atoms with van der Waals surface area (Å²) in [7, 11) is 0. The van der Waals surface area contributed by atoms with Crippen molar-refractivity contribution in [3.8, 4) is 17.2 Å². The van der Waals surface area contributed by atoms with Gasteiger partial charge in [0.15, 0.2) is 17.6 Å². The highest BCUT2D eigenvalue weighted by Crippen LogP contribution is 2.30. The SMILES string of the molecule is Cc1nc(C=O)ccc1-c1cnc(NCc2c(F)ccc3c2CCC3)n2cc(C#N)nc12. The van der Waals surface area contributed by atoms with Crippen LogP contribution in [0.15, 0.2) is 36.7 Å². The second-order valence-electron chi connectivity index (χ2n) is 7.78. The van der Waals surface area contributed by atoms with Crippen LogP contribution in [0.5, 0.6) is 0 Å². The van der Waals surface area contributed by atoms with E-state index in [9.17, 15) is 14.4 Å². The predicted octanol–water partition coefficient (Wildman–Crippen LogP) is 4.02. The maximum absolute atomic E-state index is 14.6. The van der Waals surface area contributed by atoms with Gasteiger partial charge in [0.2, 0.25) is 5.95 Å². The molecule has 0 atom stereocenters. The minimum absolute atomic E-state index is 0.230. The van der Waals surface area contributed by atoms with Crippen LogP contribution < -0.4 is 5.32 Å². The fraction of sp³-hybridized carbons (Fsp3) is 0.208. The number of aldehydes is 1. The smallest absolute Gasteiger partial charge is 0.208 e. The van der Waals surface area contributed by atoms with Crippen molar-refractivity contribution in [1.29, 1.82) is 5.26 Å². The molecule has 4 aromatic rings. The predicted molar refractivity (Wildman–Crippen MR) is 117 cm³/mol. The van der Waals surface area contributed by atoms with Crippen molar-refractivity contribution in [3.05, 3.63) is 76.2 Å². The third kappa shape index (κ3) is 3.28. The van der Waals surface area contributed by atoms with Crippen LogP contribution in [-0.2, 0) is 19.4 Å². The van der Waals surface area contributed by atoms with E-state index < -0.39 is 0 Å². The highest BCUT2D eigenvalue weighted by atomic mass is 19.1. The van der Waals surface area contributed by atoms with Crippen LogP contribution in [0.1, 0.15) is 45.0 Å². The van der Waals surface area contributed by atoms with Gasteiger partial charge in [-0.25, -0.2) is 19.3 Å². The number of hydrogen-bond donors (Lipinski definition) is 1. The van der Waals surface area contributed by atoms with E-state index in [0.29, 0.717) is 40.4 Å². The van der Waals surface area contributed by atoms with Gasteiger partial charge < -0.3 is 5.32 Å². The van der Waals surface area contributed by atoms with Crippen molar-refractivity contribution >= 4 is 17.9 Å². The molecule has 158 valence electrons. The average Bonchev–Trinajstić information content (AvgIpc) is 3.46. The summed E-state index contributed by atoms with van der Waals surface area (Å²) in [6.07, 6.45) is 6.83. The summed E-state index contributed by atoms with van der Waals surface area (Å²) < 4.78 is 16.3. The minimum atomic E-state index is -0.230. The Kier molecular flexibility index (Phi) is 4.86. The highest BCUT2D eigenvalue weighted by Gasteiger charge is 2.19. The van der Waals surface area contributed by atoms with Gasteiger partial charge in [0.05, 0.1) is 6.20 Å². The van der Waals surface area contributed by atoms with Gasteiger partial charge in [-0.1, -0.05) is 12.1 Å². The fourth-order valence-corrected chi connectivity index (χ4v) is 4.36. The summed E-state index contributed by atoms with van der Waals surface area (Å²) in [6, 6.07) is 8.88. The molecule has 7 nitrogen and oxygen atoms in total. The largest absolute Gasteiger partial charge is 0.351 e. The lowest BCUT2D eigenvalue weighted by Crippen LogP contribution is -2.10. The number of rotatable bonds is 5. The summed E-state index contributed by atoms with van der Waals surface area (Å²) in [5.41, 5.74) is 6.15. The number of hydrogen-bond acceptors (Lipinski definition) is 6. The molecule has 1 aliphatic rings. The molecule has 5 rings (SSSR count). The number of imidazole rings is 1. The maximum Gasteiger partial charge on any atom is 0.208 e. The number of carbonyl (C=O) groups excluding carboxylic acids is 1. The van der Waals surface area contributed by atoms with Crippen LogP contribution in [0.25, 0.3) is 16.8 Å². The first-order valence-electron chi connectivity index (χ1n) is 10.3. The first-order valence-corrected chi connectivity index (χ1v) is 10.3. The Bertz CT molecular complexity index is 1420. The molecule has 8 heteroatoms. The molecule has 3 aromatic heterocycles. The van der Waals surface area contributed by atoms with E-state index in [1.54, 1.807) is 35.9 Å². The zero-order valence-corrected chi connectivity index (χ0v) is 17.4. The summed E-state index contributed by atoms with van der Waals surface area (Å²) in [5.74, 6) is 0.231. The third-order valence-electron chi connectivity index (χ3n) is 5.89. The number of aryl methyl sites for hydroxylation is 2. The summed E-state index contributed by atoms with van der Waals surface area (Å²) in [4.78, 5) is 24.3. The standard InChI is InChI=1S/C24H19FN6O/c1-14-18(7-6-16(13-32)29-14)21-11-28-24(31-12-17(9-26)30-23(21)31)27-10-20-19-4-2-3-15(19)5-8-22(20)25/h5-8,11-13H,2-4,10H2,1H3,(H,27,28). The Hall–Kier alpha value is -4.12. The van der Waals surface area contributed by atoms with Crippen LogP contribution in [0, 0.1) is 24.1 Å². The lowest BCUT2D eigenvalue weighted by Gasteiger charge is -2.14. The van der Waals surface area contributed by atoms with E-state index >= 15 is 0 Å². The summed E-state index contributed by atoms with van der Waals surface area (Å²) in [6.45, 7) is 2.09. The van der Waals surface area contributed by atoms with Crippen LogP contribution in [0.2, 0.25) is 0 Å². The Morgan fingerprint density at radius 1 is 1.22 bits per heavy atom. The normalized spacial score (nSPS) is 12.5. The number of carbonyl (C=O) groups is 1. The number of nitriles is 1. The van der Waals surface area contributed by atoms with Gasteiger partial charge in [0.1, 0.15) is 17.6 Å². The molecular formula is C24H19FN6O. The van der Waals surface area contributed by atoms with Crippen LogP contribution in [-0.4, -0.2) is 25.6 Å². The van der Waals surface area contributed by atoms with Crippen molar-refractivity contribution in [3.63, 3.8) is 0 Å². The van der Waals surface area contributed by atoms with Crippen molar-refractivity contribution < 1.29 is 9.18 Å². The molecule has 0 unspecified atom stereocenters. The van der Waals surface area contributed by atoms with Crippen LogP contribution in [0.3, 0.4) is 0 Å². The first kappa shape index (κ1) is 19.8. The Morgan fingerprint density at radius 2 is 2.09 bits per heavy atom. The molecule has 0 saturated heterocycles. The maximum atomic E-state index is 14.6. The van der Waals surface area contributed by atoms with Crippen LogP contribution >= 0.6 is 0 Å². The van der Waals surface area contributed by atoms with Gasteiger partial charge in [-0.2, -0.15) is 5.26 Å². The topological polar surface area (TPSA) is 96.0 Å². The molecular weight excluding hydrogens is 407 g/mol. The van der Waals surface area contributed by atoms with E-state index in [1.807, 2.05) is 6.07 Å². The molecule has 0 fully saturated rings. The molecule has 1 aromatic carbocycles. The molecule has 1 aliphatic carbocycles. The van der Waals surface area contributed by atoms with Gasteiger partial charge >= 0.3 is 0 Å². The van der Waals surface area contributed by atoms with E-state index in [0.717, 1.165) is 30.4 Å². The molecule has 1 N–H and O–H groups in total. The quantitative estimate of drug-likeness (QED) is 0.484. The zero-order valence-electron chi connectivity index (χ0n) is 17.4. The number of benzene rings is 1. The van der Waals surface area contributed by atoms with Crippen molar-refractivity contribution in [2.45, 2.75) is 32.7 Å². The number of aromatic nitrogens is 4.